The maximum Gasteiger partial charge on any atom is 0.229 e. The largest absolute Gasteiger partial charge is 0.497 e. The molecule has 10 atom stereocenters. The topological polar surface area (TPSA) is 236 Å². The average Bonchev–Trinajstić information content (AvgIpc) is 3.07. The van der Waals surface area contributed by atoms with E-state index in [0.717, 1.165) is 0 Å². The fraction of sp³-hybridized carbons (Fsp3) is 0.500. The van der Waals surface area contributed by atoms with Gasteiger partial charge in [-0.1, -0.05) is 12.1 Å². The Morgan fingerprint density at radius 3 is 1.98 bits per heavy atom. The van der Waals surface area contributed by atoms with Crippen molar-refractivity contribution >= 4 is 11.0 Å². The maximum atomic E-state index is 13.7. The highest BCUT2D eigenvalue weighted by molar-refractivity contribution is 5.91. The van der Waals surface area contributed by atoms with Crippen LogP contribution in [-0.4, -0.2) is 132 Å². The number of hydrogen-bond acceptors (Lipinski definition) is 16. The Kier molecular flexibility index (Phi) is 10.3. The Balaban J connectivity index is 1.48. The first kappa shape index (κ1) is 33.8. The minimum atomic E-state index is -1.84. The zero-order valence-corrected chi connectivity index (χ0v) is 25.0. The molecule has 3 aromatic rings. The van der Waals surface area contributed by atoms with Crippen LogP contribution in [0.2, 0.25) is 0 Å². The molecule has 4 unspecified atom stereocenters. The number of methoxy groups -OCH3 is 3. The van der Waals surface area contributed by atoms with Gasteiger partial charge in [-0.15, -0.1) is 0 Å². The van der Waals surface area contributed by atoms with Crippen LogP contribution in [0.3, 0.4) is 0 Å². The number of benzene rings is 2. The van der Waals surface area contributed by atoms with E-state index in [1.807, 2.05) is 0 Å². The molecule has 2 aromatic carbocycles. The summed E-state index contributed by atoms with van der Waals surface area (Å²) in [5, 5.41) is 72.1. The lowest BCUT2D eigenvalue weighted by Gasteiger charge is -2.45. The Morgan fingerprint density at radius 1 is 0.739 bits per heavy atom. The van der Waals surface area contributed by atoms with E-state index >= 15 is 0 Å². The average molecular weight is 653 g/mol. The van der Waals surface area contributed by atoms with Crippen LogP contribution in [0.1, 0.15) is 0 Å². The predicted molar refractivity (Wildman–Crippen MR) is 155 cm³/mol. The molecule has 0 bridgehead atoms. The molecule has 16 nitrogen and oxygen atoms in total. The Hall–Kier alpha value is -3.55. The SMILES string of the molecule is COc1ccc(-c2coc3cc(O[C@@H]4OC(CO)[C@@H](O)[C@H](O[C@@H]5OC(CO)[C@@H](O)[C@H](O)C5O)C4O)c(OC)c(OC)c3c2=O)cc1. The first-order valence-electron chi connectivity index (χ1n) is 14.2. The van der Waals surface area contributed by atoms with Crippen molar-refractivity contribution < 1.29 is 73.3 Å². The van der Waals surface area contributed by atoms with Gasteiger partial charge in [0.15, 0.2) is 17.8 Å². The molecule has 46 heavy (non-hydrogen) atoms. The van der Waals surface area contributed by atoms with Gasteiger partial charge in [-0.05, 0) is 17.7 Å². The monoisotopic (exact) mass is 652 g/mol. The van der Waals surface area contributed by atoms with Crippen LogP contribution < -0.4 is 24.4 Å². The van der Waals surface area contributed by atoms with Crippen molar-refractivity contribution in [3.05, 3.63) is 46.8 Å². The summed E-state index contributed by atoms with van der Waals surface area (Å²) < 4.78 is 44.6. The third-order valence-corrected chi connectivity index (χ3v) is 7.96. The molecule has 5 rings (SSSR count). The van der Waals surface area contributed by atoms with Gasteiger partial charge >= 0.3 is 0 Å². The summed E-state index contributed by atoms with van der Waals surface area (Å²) in [6.07, 6.45) is -15.4. The summed E-state index contributed by atoms with van der Waals surface area (Å²) >= 11 is 0. The van der Waals surface area contributed by atoms with Crippen LogP contribution >= 0.6 is 0 Å². The molecule has 2 aliphatic rings. The summed E-state index contributed by atoms with van der Waals surface area (Å²) in [4.78, 5) is 13.7. The summed E-state index contributed by atoms with van der Waals surface area (Å²) in [7, 11) is 4.11. The lowest BCUT2D eigenvalue weighted by Crippen LogP contribution is -2.65. The quantitative estimate of drug-likeness (QED) is 0.132. The van der Waals surface area contributed by atoms with Crippen LogP contribution in [0, 0.1) is 0 Å². The molecule has 2 fully saturated rings. The highest BCUT2D eigenvalue weighted by Crippen LogP contribution is 2.44. The normalized spacial score (nSPS) is 31.4. The van der Waals surface area contributed by atoms with Gasteiger partial charge in [0, 0.05) is 6.07 Å². The molecule has 3 heterocycles. The molecular weight excluding hydrogens is 616 g/mol. The lowest BCUT2D eigenvalue weighted by molar-refractivity contribution is -0.352. The van der Waals surface area contributed by atoms with Gasteiger partial charge in [-0.2, -0.15) is 0 Å². The first-order valence-corrected chi connectivity index (χ1v) is 14.2. The van der Waals surface area contributed by atoms with E-state index in [0.29, 0.717) is 11.3 Å². The molecule has 0 spiro atoms. The van der Waals surface area contributed by atoms with E-state index in [9.17, 15) is 40.5 Å². The van der Waals surface area contributed by atoms with Crippen LogP contribution in [0.25, 0.3) is 22.1 Å². The molecule has 2 aliphatic heterocycles. The highest BCUT2D eigenvalue weighted by Gasteiger charge is 2.51. The first-order chi connectivity index (χ1) is 22.1. The third kappa shape index (κ3) is 6.12. The second-order valence-electron chi connectivity index (χ2n) is 10.6. The third-order valence-electron chi connectivity index (χ3n) is 7.96. The molecule has 0 amide bonds. The summed E-state index contributed by atoms with van der Waals surface area (Å²) in [5.74, 6) is 0.329. The van der Waals surface area contributed by atoms with E-state index in [1.54, 1.807) is 24.3 Å². The van der Waals surface area contributed by atoms with Gasteiger partial charge in [-0.3, -0.25) is 4.79 Å². The number of rotatable bonds is 10. The minimum Gasteiger partial charge on any atom is -0.497 e. The highest BCUT2D eigenvalue weighted by atomic mass is 16.7. The molecule has 16 heteroatoms. The van der Waals surface area contributed by atoms with Crippen LogP contribution in [0.15, 0.2) is 45.8 Å². The Morgan fingerprint density at radius 2 is 1.37 bits per heavy atom. The lowest BCUT2D eigenvalue weighted by atomic mass is 9.97. The van der Waals surface area contributed by atoms with Crippen LogP contribution in [0.4, 0.5) is 0 Å². The molecular formula is C30H36O16. The van der Waals surface area contributed by atoms with Gasteiger partial charge < -0.3 is 73.3 Å². The van der Waals surface area contributed by atoms with Gasteiger partial charge in [-0.25, -0.2) is 0 Å². The van der Waals surface area contributed by atoms with Crippen molar-refractivity contribution in [3.8, 4) is 34.1 Å². The molecule has 7 N–H and O–H groups in total. The van der Waals surface area contributed by atoms with E-state index in [2.05, 4.69) is 0 Å². The standard InChI is InChI=1S/C30H36O16/c1-39-13-6-4-12(5-7-13)14-11-42-15-8-16(26(40-2)27(41-3)19(15)20(14)33)43-30-25(38)28(22(35)18(10-32)45-30)46-29-24(37)23(36)21(34)17(9-31)44-29/h4-8,11,17-18,21-25,28-32,34-38H,9-10H2,1-3H3/t17?,18?,21-,22-,23+,24?,25?,28+,29+,30-/m1/s1. The second-order valence-corrected chi connectivity index (χ2v) is 10.6. The van der Waals surface area contributed by atoms with Crippen molar-refractivity contribution in [2.45, 2.75) is 61.4 Å². The minimum absolute atomic E-state index is 0.0214. The van der Waals surface area contributed by atoms with Crippen LogP contribution in [-0.2, 0) is 14.2 Å². The van der Waals surface area contributed by atoms with Crippen molar-refractivity contribution in [1.29, 1.82) is 0 Å². The fourth-order valence-corrected chi connectivity index (χ4v) is 5.43. The summed E-state index contributed by atoms with van der Waals surface area (Å²) in [6.45, 7) is -1.50. The van der Waals surface area contributed by atoms with Crippen molar-refractivity contribution in [3.63, 3.8) is 0 Å². The Bertz CT molecular complexity index is 1540. The molecule has 1 aromatic heterocycles. The zero-order chi connectivity index (χ0) is 33.3. The van der Waals surface area contributed by atoms with E-state index in [-0.39, 0.29) is 33.8 Å². The number of aliphatic hydroxyl groups is 7. The zero-order valence-electron chi connectivity index (χ0n) is 25.0. The molecule has 2 saturated heterocycles. The van der Waals surface area contributed by atoms with Crippen LogP contribution in [0.5, 0.6) is 23.0 Å². The molecule has 0 saturated carbocycles. The van der Waals surface area contributed by atoms with Gasteiger partial charge in [0.05, 0.1) is 40.1 Å². The smallest absolute Gasteiger partial charge is 0.229 e. The fourth-order valence-electron chi connectivity index (χ4n) is 5.43. The molecule has 252 valence electrons. The number of hydrogen-bond donors (Lipinski definition) is 7. The van der Waals surface area contributed by atoms with Gasteiger partial charge in [0.1, 0.15) is 71.8 Å². The number of ether oxygens (including phenoxy) is 7. The van der Waals surface area contributed by atoms with E-state index in [1.165, 1.54) is 33.7 Å². The number of fused-ring (bicyclic) bond motifs is 1. The van der Waals surface area contributed by atoms with E-state index < -0.39 is 80.1 Å². The predicted octanol–water partition coefficient (Wildman–Crippen LogP) is -1.51. The van der Waals surface area contributed by atoms with Crippen molar-refractivity contribution in [2.24, 2.45) is 0 Å². The number of aliphatic hydroxyl groups excluding tert-OH is 7. The summed E-state index contributed by atoms with van der Waals surface area (Å²) in [6, 6.07) is 8.06. The summed E-state index contributed by atoms with van der Waals surface area (Å²) in [5.41, 5.74) is 0.352. The van der Waals surface area contributed by atoms with Gasteiger partial charge in [0.2, 0.25) is 17.5 Å². The molecule has 0 radical (unpaired) electrons. The Labute approximate surface area is 261 Å². The van der Waals surface area contributed by atoms with Crippen molar-refractivity contribution in [1.82, 2.24) is 0 Å². The molecule has 0 aliphatic carbocycles. The van der Waals surface area contributed by atoms with Crippen molar-refractivity contribution in [2.75, 3.05) is 34.5 Å². The second kappa shape index (κ2) is 14.1. The van der Waals surface area contributed by atoms with E-state index in [4.69, 9.17) is 37.6 Å². The van der Waals surface area contributed by atoms with Gasteiger partial charge in [0.25, 0.3) is 0 Å². The maximum absolute atomic E-state index is 13.7.